The molecule has 20 heteroatoms. The first kappa shape index (κ1) is 83.7. The smallest absolute Gasteiger partial charge is 0.333 e. The molecule has 5 rings (SSSR count). The molecule has 30 atom stereocenters. The first-order valence-electron chi connectivity index (χ1n) is 36.4. The van der Waals surface area contributed by atoms with E-state index in [4.69, 9.17) is 47.4 Å². The number of methoxy groups -OCH3 is 4. The van der Waals surface area contributed by atoms with E-state index in [0.717, 1.165) is 25.7 Å². The topological polar surface area (TPSA) is 288 Å². The summed E-state index contributed by atoms with van der Waals surface area (Å²) in [5.74, 6) is -5.57. The second kappa shape index (κ2) is 41.8. The van der Waals surface area contributed by atoms with E-state index >= 15 is 0 Å². The molecule has 5 aliphatic heterocycles. The summed E-state index contributed by atoms with van der Waals surface area (Å²) in [6.07, 6.45) is 10.3. The van der Waals surface area contributed by atoms with E-state index < -0.39 is 133 Å². The molecule has 8 N–H and O–H groups in total. The Kier molecular flexibility index (Phi) is 36.4. The van der Waals surface area contributed by atoms with Crippen molar-refractivity contribution in [2.75, 3.05) is 28.4 Å². The zero-order chi connectivity index (χ0) is 71.1. The average molecular weight is 1360 g/mol. The van der Waals surface area contributed by atoms with Crippen LogP contribution in [0.25, 0.3) is 0 Å². The number of cyclic esters (lactones) is 2. The molecule has 4 bridgehead atoms. The van der Waals surface area contributed by atoms with Gasteiger partial charge >= 0.3 is 11.9 Å². The van der Waals surface area contributed by atoms with Crippen LogP contribution in [0.1, 0.15) is 199 Å². The summed E-state index contributed by atoms with van der Waals surface area (Å²) in [6, 6.07) is 0. The summed E-state index contributed by atoms with van der Waals surface area (Å²) in [4.78, 5) is 28.1. The maximum Gasteiger partial charge on any atom is 0.333 e. The van der Waals surface area contributed by atoms with E-state index in [0.29, 0.717) is 56.9 Å². The number of rotatable bonds is 16. The van der Waals surface area contributed by atoms with Crippen LogP contribution in [0, 0.1) is 47.3 Å². The molecule has 554 valence electrons. The maximum absolute atomic E-state index is 14.2. The van der Waals surface area contributed by atoms with Gasteiger partial charge in [-0.05, 0) is 129 Å². The maximum atomic E-state index is 14.2. The van der Waals surface area contributed by atoms with Gasteiger partial charge in [0.1, 0.15) is 12.2 Å². The van der Waals surface area contributed by atoms with Gasteiger partial charge in [-0.15, -0.1) is 0 Å². The largest absolute Gasteiger partial charge is 0.458 e. The monoisotopic (exact) mass is 1360 g/mol. The standard InChI is InChI=1S/C76H130O20/c1-43-23-28-55(77)35-57-19-17-21-59(93-57)39-70(90-16)50(8)66(80)42-68(82)52(10)75(54(12)73(85)45(3)27-31-62-38-64(88-14)34-48(6)92-62)96-76(86)46(4)25-29-56(78)36-58-20-18-22-60(94-58)40-69(89-15)49(7)65(79)41-67(81)51(9)74(95-71(83)32-24-43)53(11)72(84)44(2)26-30-61-37-63(87-13)33-47(5)91-61/h17-20,23-25,32,44-45,47-70,72-75,77-82,84-85H,21-22,26-31,33-42H2,1-16H3/b32-24+,43-23+,46-25+/t44-,45-,47-,48-,49-,50-,51-,52-,53-,54-,55-,56-,57-,58-,59?,60?,61?,62?,63+,64+,65-,66-,67+,68+,69-,70-,72-,73-,74-,75-/m0/s1. The van der Waals surface area contributed by atoms with Gasteiger partial charge in [0.15, 0.2) is 0 Å². The Morgan fingerprint density at radius 1 is 0.479 bits per heavy atom. The number of hydrogen-bond acceptors (Lipinski definition) is 20. The highest BCUT2D eigenvalue weighted by Crippen LogP contribution is 2.37. The van der Waals surface area contributed by atoms with Crippen LogP contribution in [-0.4, -0.2) is 216 Å². The molecule has 2 fully saturated rings. The number of carbonyl (C=O) groups is 2. The highest BCUT2D eigenvalue weighted by Gasteiger charge is 2.43. The second-order valence-electron chi connectivity index (χ2n) is 29.9. The summed E-state index contributed by atoms with van der Waals surface area (Å²) in [5, 5.41) is 94.6. The van der Waals surface area contributed by atoms with Crippen molar-refractivity contribution in [1.82, 2.24) is 0 Å². The molecule has 96 heavy (non-hydrogen) atoms. The van der Waals surface area contributed by atoms with Crippen LogP contribution in [0.3, 0.4) is 0 Å². The summed E-state index contributed by atoms with van der Waals surface area (Å²) >= 11 is 0. The molecular formula is C76H130O20. The number of esters is 2. The molecule has 0 aromatic rings. The van der Waals surface area contributed by atoms with Crippen molar-refractivity contribution >= 4 is 11.9 Å². The number of aliphatic hydroxyl groups excluding tert-OH is 8. The van der Waals surface area contributed by atoms with E-state index in [1.807, 2.05) is 92.7 Å². The van der Waals surface area contributed by atoms with E-state index in [-0.39, 0.29) is 105 Å². The molecular weight excluding hydrogens is 1230 g/mol. The summed E-state index contributed by atoms with van der Waals surface area (Å²) in [5.41, 5.74) is 0.927. The predicted molar refractivity (Wildman–Crippen MR) is 368 cm³/mol. The minimum Gasteiger partial charge on any atom is -0.458 e. The number of ether oxygens (including phenoxy) is 10. The molecule has 5 heterocycles. The zero-order valence-corrected chi connectivity index (χ0v) is 61.1. The lowest BCUT2D eigenvalue weighted by Crippen LogP contribution is -2.46. The van der Waals surface area contributed by atoms with Gasteiger partial charge in [-0.3, -0.25) is 0 Å². The number of hydrogen-bond donors (Lipinski definition) is 8. The minimum absolute atomic E-state index is 0.0306. The van der Waals surface area contributed by atoms with Crippen LogP contribution in [0.5, 0.6) is 0 Å². The second-order valence-corrected chi connectivity index (χ2v) is 29.9. The van der Waals surface area contributed by atoms with Crippen molar-refractivity contribution in [2.24, 2.45) is 47.3 Å². The highest BCUT2D eigenvalue weighted by molar-refractivity contribution is 5.87. The van der Waals surface area contributed by atoms with Gasteiger partial charge in [0, 0.05) is 101 Å². The normalized spacial score (nSPS) is 41.2. The number of aliphatic hydroxyl groups is 8. The lowest BCUT2D eigenvalue weighted by molar-refractivity contribution is -0.159. The Balaban J connectivity index is 1.37. The number of allylic oxidation sites excluding steroid dienone is 2. The van der Waals surface area contributed by atoms with Crippen molar-refractivity contribution in [3.05, 3.63) is 59.8 Å². The molecule has 0 aromatic heterocycles. The van der Waals surface area contributed by atoms with Crippen LogP contribution < -0.4 is 0 Å². The molecule has 20 nitrogen and oxygen atoms in total. The zero-order valence-electron chi connectivity index (χ0n) is 61.1. The predicted octanol–water partition coefficient (Wildman–Crippen LogP) is 9.55. The Bertz CT molecular complexity index is 2400. The number of fused-ring (bicyclic) bond motifs is 4. The van der Waals surface area contributed by atoms with E-state index in [2.05, 4.69) is 0 Å². The van der Waals surface area contributed by atoms with E-state index in [9.17, 15) is 50.4 Å². The SMILES string of the molecule is CO[C@H]1CC(CC[C@H](C)[C@H](O)[C@H](C)[C@H]2OC(=O)/C=C/C(C)=C/C[C@H](O)C[C@@H]3C=CCC(C[C@H](OC)[C@@H](C)[C@@H](O)C[C@@H](O)[C@H](C)[C@@H]([C@@H](C)[C@@H](O)[C@@H](C)CCC4C[C@H](OC)C[C@H](C)O4)OC(=O)/C(C)=C/C[C@H](O)C[C@@H]4C=CCC(C[C@H](OC)[C@@H](C)[C@@H](O)C[C@@H](O)[C@@H]2C)O4)O3)O[C@@H](C)C1. The summed E-state index contributed by atoms with van der Waals surface area (Å²) in [6.45, 7) is 22.3. The Labute approximate surface area is 575 Å². The van der Waals surface area contributed by atoms with Crippen LogP contribution in [0.4, 0.5) is 0 Å². The van der Waals surface area contributed by atoms with Gasteiger partial charge < -0.3 is 88.2 Å². The fourth-order valence-electron chi connectivity index (χ4n) is 15.2. The molecule has 0 saturated carbocycles. The average Bonchev–Trinajstić information content (AvgIpc) is 0.856. The Morgan fingerprint density at radius 3 is 1.30 bits per heavy atom. The number of carbonyl (C=O) groups excluding carboxylic acids is 2. The molecule has 0 amide bonds. The first-order chi connectivity index (χ1) is 45.4. The van der Waals surface area contributed by atoms with Crippen LogP contribution in [-0.2, 0) is 57.0 Å². The van der Waals surface area contributed by atoms with Gasteiger partial charge in [0.05, 0.1) is 122 Å². The molecule has 0 radical (unpaired) electrons. The lowest BCUT2D eigenvalue weighted by Gasteiger charge is -2.38. The van der Waals surface area contributed by atoms with Crippen molar-refractivity contribution in [3.8, 4) is 0 Å². The van der Waals surface area contributed by atoms with Gasteiger partial charge in [-0.25, -0.2) is 9.59 Å². The summed E-state index contributed by atoms with van der Waals surface area (Å²) < 4.78 is 61.4. The fourth-order valence-corrected chi connectivity index (χ4v) is 15.2. The third kappa shape index (κ3) is 26.7. The van der Waals surface area contributed by atoms with Crippen molar-refractivity contribution < 1.29 is 97.8 Å². The van der Waals surface area contributed by atoms with E-state index in [1.165, 1.54) is 6.08 Å². The van der Waals surface area contributed by atoms with Crippen molar-refractivity contribution in [2.45, 2.75) is 333 Å². The van der Waals surface area contributed by atoms with Crippen LogP contribution in [0.2, 0.25) is 0 Å². The Hall–Kier alpha value is -3.00. The van der Waals surface area contributed by atoms with Gasteiger partial charge in [-0.2, -0.15) is 0 Å². The third-order valence-corrected chi connectivity index (χ3v) is 22.1. The molecule has 0 aromatic carbocycles. The van der Waals surface area contributed by atoms with Gasteiger partial charge in [0.2, 0.25) is 0 Å². The van der Waals surface area contributed by atoms with Crippen molar-refractivity contribution in [1.29, 1.82) is 0 Å². The molecule has 2 saturated heterocycles. The Morgan fingerprint density at radius 2 is 0.885 bits per heavy atom. The third-order valence-electron chi connectivity index (χ3n) is 22.1. The van der Waals surface area contributed by atoms with Gasteiger partial charge in [0.25, 0.3) is 0 Å². The highest BCUT2D eigenvalue weighted by atomic mass is 16.6. The van der Waals surface area contributed by atoms with Gasteiger partial charge in [-0.1, -0.05) is 103 Å². The molecule has 4 unspecified atom stereocenters. The van der Waals surface area contributed by atoms with E-state index in [1.54, 1.807) is 61.4 Å². The fraction of sp³-hybridized carbons (Fsp3) is 0.842. The molecule has 0 aliphatic carbocycles. The van der Waals surface area contributed by atoms with Crippen LogP contribution >= 0.6 is 0 Å². The lowest BCUT2D eigenvalue weighted by atomic mass is 9.78. The van der Waals surface area contributed by atoms with Crippen LogP contribution in [0.15, 0.2) is 59.8 Å². The molecule has 0 spiro atoms. The summed E-state index contributed by atoms with van der Waals surface area (Å²) in [7, 11) is 6.57. The molecule has 5 aliphatic rings. The van der Waals surface area contributed by atoms with Crippen molar-refractivity contribution in [3.63, 3.8) is 0 Å². The first-order valence-corrected chi connectivity index (χ1v) is 36.4. The quantitative estimate of drug-likeness (QED) is 0.0527. The minimum atomic E-state index is -1.18.